The van der Waals surface area contributed by atoms with Crippen molar-refractivity contribution in [1.29, 1.82) is 5.26 Å². The summed E-state index contributed by atoms with van der Waals surface area (Å²) in [4.78, 5) is 62.0. The van der Waals surface area contributed by atoms with Crippen LogP contribution in [-0.2, 0) is 51.0 Å². The number of aromatic nitrogens is 3. The molecule has 10 heterocycles. The van der Waals surface area contributed by atoms with E-state index in [0.29, 0.717) is 102 Å². The van der Waals surface area contributed by atoms with Gasteiger partial charge in [-0.1, -0.05) is 19.9 Å². The summed E-state index contributed by atoms with van der Waals surface area (Å²) in [6.07, 6.45) is 9.52. The Morgan fingerprint density at radius 3 is 2.58 bits per heavy atom. The van der Waals surface area contributed by atoms with Gasteiger partial charge in [-0.15, -0.1) is 11.3 Å². The van der Waals surface area contributed by atoms with E-state index in [-0.39, 0.29) is 36.5 Å². The third-order valence-corrected chi connectivity index (χ3v) is 18.5. The van der Waals surface area contributed by atoms with Crippen molar-refractivity contribution in [2.45, 2.75) is 134 Å². The molecule has 6 saturated heterocycles. The number of methoxy groups -OCH3 is 1. The van der Waals surface area contributed by atoms with Gasteiger partial charge in [0.1, 0.15) is 22.7 Å². The van der Waals surface area contributed by atoms with Crippen molar-refractivity contribution >= 4 is 45.7 Å². The summed E-state index contributed by atoms with van der Waals surface area (Å²) in [6, 6.07) is 9.46. The van der Waals surface area contributed by atoms with Crippen LogP contribution in [0.15, 0.2) is 35.8 Å². The second-order valence-electron chi connectivity index (χ2n) is 23.6. The van der Waals surface area contributed by atoms with Crippen molar-refractivity contribution in [3.05, 3.63) is 52.1 Å². The molecule has 18 nitrogen and oxygen atoms in total. The van der Waals surface area contributed by atoms with E-state index in [9.17, 15) is 14.9 Å². The molecule has 0 radical (unpaired) electrons. The maximum atomic E-state index is 15.3. The van der Waals surface area contributed by atoms with E-state index in [1.54, 1.807) is 7.11 Å². The summed E-state index contributed by atoms with van der Waals surface area (Å²) < 4.78 is 33.3. The summed E-state index contributed by atoms with van der Waals surface area (Å²) in [6.45, 7) is 14.6. The van der Waals surface area contributed by atoms with Crippen LogP contribution in [0.1, 0.15) is 107 Å². The summed E-state index contributed by atoms with van der Waals surface area (Å²) in [5, 5.41) is 18.6. The summed E-state index contributed by atoms with van der Waals surface area (Å²) in [5.41, 5.74) is 9.44. The number of amides is 2. The van der Waals surface area contributed by atoms with Gasteiger partial charge < -0.3 is 38.5 Å². The Labute approximate surface area is 449 Å². The number of cyclic esters (lactones) is 1. The molecule has 3 aromatic heterocycles. The van der Waals surface area contributed by atoms with Gasteiger partial charge in [-0.25, -0.2) is 10.4 Å². The van der Waals surface area contributed by atoms with Crippen molar-refractivity contribution in [2.75, 3.05) is 90.9 Å². The molecule has 2 amide bonds. The number of carbonyl (C=O) groups is 3. The number of nitrogens with one attached hydrogen (secondary N) is 2. The zero-order valence-electron chi connectivity index (χ0n) is 44.6. The highest BCUT2D eigenvalue weighted by molar-refractivity contribution is 7.10. The number of fused-ring (bicyclic) bond motifs is 7. The Kier molecular flexibility index (Phi) is 14.5. The highest BCUT2D eigenvalue weighted by Crippen LogP contribution is 2.49. The lowest BCUT2D eigenvalue weighted by molar-refractivity contribution is -0.157. The number of rotatable bonds is 12. The minimum Gasteiger partial charge on any atom is -0.464 e. The number of carbonyl (C=O) groups excluding carboxylic acids is 3. The van der Waals surface area contributed by atoms with Crippen LogP contribution in [-0.4, -0.2) is 163 Å². The standard InChI is InChI=1S/C57H74N10O8S/c1-35(71-4)48-43(25-40(30-59-48)64-18-16-63(17-19-64)39-8-9-39)50-44-28-56(2,3)34-74-54(69)45-6-5-14-67(62-45)53(68)49(61-55(70)57-26-37(27-57)32-75-57)51(65-15-11-36(29-58)31-65)52-60-46(33-76-52)38-7-10-47(42(44)24-38)66(50)20-23-73-41-12-21-72-22-13-41/h7,10,24-25,30,33,35-37,39,41,45,49,51,62H,5-6,8-9,11-23,26-28,31-32,34H2,1-4H3,(H,61,70)/t35-,36-,37?,45-,49-,51-,57?/m0/s1. The molecule has 76 heavy (non-hydrogen) atoms. The number of hydrogen-bond acceptors (Lipinski definition) is 16. The predicted molar refractivity (Wildman–Crippen MR) is 286 cm³/mol. The molecule has 4 aromatic rings. The molecule has 0 unspecified atom stereocenters. The Balaban J connectivity index is 1.01. The average Bonchev–Trinajstić information content (AvgIpc) is 4.05. The number of likely N-dealkylation sites (tertiary alicyclic amines) is 1. The lowest BCUT2D eigenvalue weighted by Crippen LogP contribution is -2.64. The van der Waals surface area contributed by atoms with E-state index in [0.717, 1.165) is 95.4 Å². The number of thiazole rings is 1. The van der Waals surface area contributed by atoms with Gasteiger partial charge in [0.15, 0.2) is 0 Å². The summed E-state index contributed by atoms with van der Waals surface area (Å²) in [5.74, 6) is -1.05. The zero-order chi connectivity index (χ0) is 52.3. The highest BCUT2D eigenvalue weighted by Gasteiger charge is 2.58. The van der Waals surface area contributed by atoms with Crippen molar-refractivity contribution in [3.63, 3.8) is 0 Å². The Hall–Kier alpha value is -5.04. The molecule has 9 aliphatic rings. The molecule has 19 heteroatoms. The Bertz CT molecular complexity index is 2850. The largest absolute Gasteiger partial charge is 0.464 e. The van der Waals surface area contributed by atoms with E-state index in [1.807, 2.05) is 11.6 Å². The van der Waals surface area contributed by atoms with E-state index in [4.69, 9.17) is 33.7 Å². The molecule has 1 aromatic carbocycles. The number of pyridine rings is 1. The smallest absolute Gasteiger partial charge is 0.324 e. The van der Waals surface area contributed by atoms with Crippen molar-refractivity contribution in [2.24, 2.45) is 17.3 Å². The molecule has 406 valence electrons. The third kappa shape index (κ3) is 10.2. The van der Waals surface area contributed by atoms with Gasteiger partial charge in [-0.2, -0.15) is 5.26 Å². The fraction of sp³-hybridized carbons (Fsp3) is 0.649. The van der Waals surface area contributed by atoms with Crippen molar-refractivity contribution in [1.82, 2.24) is 40.1 Å². The number of anilines is 1. The molecule has 2 saturated carbocycles. The number of piperazine rings is 1. The number of benzene rings is 1. The first-order valence-corrected chi connectivity index (χ1v) is 28.9. The van der Waals surface area contributed by atoms with Gasteiger partial charge in [-0.3, -0.25) is 34.2 Å². The molecule has 2 aliphatic carbocycles. The molecule has 2 N–H and O–H groups in total. The second-order valence-corrected chi connectivity index (χ2v) is 24.5. The van der Waals surface area contributed by atoms with Crippen LogP contribution in [0.3, 0.4) is 0 Å². The number of ether oxygens (including phenoxy) is 5. The second kappa shape index (κ2) is 21.3. The van der Waals surface area contributed by atoms with Crippen molar-refractivity contribution < 1.29 is 38.1 Å². The molecule has 0 spiro atoms. The van der Waals surface area contributed by atoms with Crippen LogP contribution in [0.2, 0.25) is 0 Å². The van der Waals surface area contributed by atoms with Gasteiger partial charge in [0.25, 0.3) is 11.8 Å². The molecule has 13 rings (SSSR count). The van der Waals surface area contributed by atoms with Crippen LogP contribution in [0.5, 0.6) is 0 Å². The van der Waals surface area contributed by atoms with Crippen LogP contribution >= 0.6 is 11.3 Å². The van der Waals surface area contributed by atoms with Crippen LogP contribution in [0.25, 0.3) is 33.4 Å². The fourth-order valence-electron chi connectivity index (χ4n) is 13.1. The normalized spacial score (nSPS) is 29.0. The monoisotopic (exact) mass is 1060 g/mol. The van der Waals surface area contributed by atoms with Gasteiger partial charge >= 0.3 is 5.97 Å². The molecule has 5 atom stereocenters. The molecule has 8 fully saturated rings. The molecular formula is C57H74N10O8S. The maximum Gasteiger partial charge on any atom is 0.324 e. The first-order valence-electron chi connectivity index (χ1n) is 28.0. The number of esters is 1. The number of nitrogens with zero attached hydrogens (tertiary/aromatic N) is 8. The Morgan fingerprint density at radius 1 is 1.03 bits per heavy atom. The molecular weight excluding hydrogens is 985 g/mol. The predicted octanol–water partition coefficient (Wildman–Crippen LogP) is 6.19. The minimum absolute atomic E-state index is 0.113. The van der Waals surface area contributed by atoms with Gasteiger partial charge in [0.05, 0.1) is 79.0 Å². The van der Waals surface area contributed by atoms with Crippen LogP contribution < -0.4 is 15.6 Å². The van der Waals surface area contributed by atoms with E-state index < -0.39 is 35.1 Å². The molecule has 8 bridgehead atoms. The van der Waals surface area contributed by atoms with E-state index in [1.165, 1.54) is 29.2 Å². The summed E-state index contributed by atoms with van der Waals surface area (Å²) >= 11 is 1.46. The number of nitriles is 1. The third-order valence-electron chi connectivity index (χ3n) is 17.6. The lowest BCUT2D eigenvalue weighted by Gasteiger charge is -2.41. The lowest BCUT2D eigenvalue weighted by atomic mass is 9.74. The highest BCUT2D eigenvalue weighted by atomic mass is 32.1. The Morgan fingerprint density at radius 2 is 1.84 bits per heavy atom. The first kappa shape index (κ1) is 51.7. The minimum atomic E-state index is -1.11. The average molecular weight is 1060 g/mol. The molecule has 7 aliphatic heterocycles. The maximum absolute atomic E-state index is 15.3. The number of hydrogen-bond donors (Lipinski definition) is 2. The van der Waals surface area contributed by atoms with Crippen LogP contribution in [0, 0.1) is 28.6 Å². The van der Waals surface area contributed by atoms with E-state index >= 15 is 4.79 Å². The first-order chi connectivity index (χ1) is 36.9. The van der Waals surface area contributed by atoms with E-state index in [2.05, 4.69) is 81.1 Å². The van der Waals surface area contributed by atoms with Gasteiger partial charge in [0, 0.05) is 112 Å². The van der Waals surface area contributed by atoms with Crippen molar-refractivity contribution in [3.8, 4) is 28.6 Å². The van der Waals surface area contributed by atoms with Crippen LogP contribution in [0.4, 0.5) is 5.69 Å². The summed E-state index contributed by atoms with van der Waals surface area (Å²) in [7, 11) is 1.74. The fourth-order valence-corrected chi connectivity index (χ4v) is 14.1. The topological polar surface area (TPSA) is 189 Å². The zero-order valence-corrected chi connectivity index (χ0v) is 45.4. The van der Waals surface area contributed by atoms with Gasteiger partial charge in [-0.05, 0) is 101 Å². The SMILES string of the molecule is CO[C@@H](C)c1ncc(N2CCN(C3CC3)CC2)cc1-c1c2c3cc(ccc3n1CCOC1CCOCC1)-c1csc(n1)[C@@H](N1CC[C@@H](C#N)C1)[C@H](NC(=O)C13CC(CO1)C3)C(=O)N1CCC[C@H](N1)C(=O)OCC(C)(C)C2. The quantitative estimate of drug-likeness (QED) is 0.153. The number of hydrazine groups is 1. The van der Waals surface area contributed by atoms with Gasteiger partial charge in [0.2, 0.25) is 0 Å².